The van der Waals surface area contributed by atoms with E-state index in [9.17, 15) is 23.1 Å². The van der Waals surface area contributed by atoms with Gasteiger partial charge in [-0.05, 0) is 78.4 Å². The molecule has 1 heterocycles. The number of likely N-dealkylation sites (N-methyl/N-ethyl adjacent to an activating group) is 1. The van der Waals surface area contributed by atoms with Gasteiger partial charge in [-0.2, -0.15) is 0 Å². The number of fused-ring (bicyclic) bond motifs is 1. The number of nitrogens with zero attached hydrogens (tertiary/aromatic N) is 3. The largest absolute Gasteiger partial charge is 0.490 e. The number of amides is 2. The van der Waals surface area contributed by atoms with E-state index >= 15 is 0 Å². The first-order valence-electron chi connectivity index (χ1n) is 14.4. The van der Waals surface area contributed by atoms with E-state index < -0.39 is 16.1 Å². The lowest BCUT2D eigenvalue weighted by molar-refractivity contribution is -0.132. The van der Waals surface area contributed by atoms with Crippen molar-refractivity contribution in [1.29, 1.82) is 0 Å². The number of hydrogen-bond acceptors (Lipinski definition) is 8. The van der Waals surface area contributed by atoms with E-state index in [-0.39, 0.29) is 54.3 Å². The third-order valence-corrected chi connectivity index (χ3v) is 7.84. The predicted octanol–water partition coefficient (Wildman–Crippen LogP) is 2.65. The monoisotopic (exact) mass is 598 g/mol. The predicted molar refractivity (Wildman–Crippen MR) is 161 cm³/mol. The minimum atomic E-state index is -3.57. The highest BCUT2D eigenvalue weighted by atomic mass is 32.2. The normalized spacial score (nSPS) is 21.9. The first-order chi connectivity index (χ1) is 19.2. The smallest absolute Gasteiger partial charge is 0.258 e. The van der Waals surface area contributed by atoms with Crippen molar-refractivity contribution in [2.24, 2.45) is 5.92 Å². The fourth-order valence-corrected chi connectivity index (χ4v) is 5.33. The molecule has 2 amide bonds. The van der Waals surface area contributed by atoms with Crippen LogP contribution in [0.5, 0.6) is 5.75 Å². The summed E-state index contributed by atoms with van der Waals surface area (Å²) in [4.78, 5) is 32.2. The molecule has 0 saturated heterocycles. The summed E-state index contributed by atoms with van der Waals surface area (Å²) >= 11 is 0. The van der Waals surface area contributed by atoms with Crippen LogP contribution in [-0.2, 0) is 19.6 Å². The van der Waals surface area contributed by atoms with Gasteiger partial charge in [0.1, 0.15) is 5.75 Å². The van der Waals surface area contributed by atoms with E-state index in [4.69, 9.17) is 9.47 Å². The number of carbonyl (C=O) groups excluding carboxylic acids is 2. The highest BCUT2D eigenvalue weighted by Gasteiger charge is 2.31. The average Bonchev–Trinajstić information content (AvgIpc) is 2.89. The number of sulfonamides is 1. The summed E-state index contributed by atoms with van der Waals surface area (Å²) in [6, 6.07) is 4.13. The second-order valence-corrected chi connectivity index (χ2v) is 13.3. The maximum Gasteiger partial charge on any atom is 0.258 e. The molecule has 1 aromatic rings. The van der Waals surface area contributed by atoms with Crippen LogP contribution in [0.1, 0.15) is 63.2 Å². The van der Waals surface area contributed by atoms with Gasteiger partial charge in [0.15, 0.2) is 0 Å². The van der Waals surface area contributed by atoms with E-state index in [0.717, 1.165) is 38.5 Å². The van der Waals surface area contributed by atoms with Crippen LogP contribution in [0.2, 0.25) is 0 Å². The Morgan fingerprint density at radius 2 is 1.93 bits per heavy atom. The van der Waals surface area contributed by atoms with E-state index in [1.54, 1.807) is 35.9 Å². The molecule has 41 heavy (non-hydrogen) atoms. The maximum atomic E-state index is 14.0. The number of hydrogen-bond donors (Lipinski definition) is 2. The summed E-state index contributed by atoms with van der Waals surface area (Å²) < 4.78 is 38.7. The van der Waals surface area contributed by atoms with Crippen molar-refractivity contribution in [1.82, 2.24) is 14.7 Å². The van der Waals surface area contributed by atoms with Crippen LogP contribution >= 0.6 is 0 Å². The topological polar surface area (TPSA) is 129 Å². The summed E-state index contributed by atoms with van der Waals surface area (Å²) in [5.41, 5.74) is 0.456. The SMILES string of the molecule is C[C@@H]1CCCCO[C@@H](CN(C)C(=O)CCCN(C)C)[C@H](C)CN([C@@H](C)CO)C(=O)c2cc(NS(C)(=O)=O)ccc2O1. The molecule has 4 atom stereocenters. The van der Waals surface area contributed by atoms with Crippen molar-refractivity contribution in [3.05, 3.63) is 23.8 Å². The van der Waals surface area contributed by atoms with Crippen LogP contribution in [0.25, 0.3) is 0 Å². The van der Waals surface area contributed by atoms with Gasteiger partial charge in [0.25, 0.3) is 5.91 Å². The molecular formula is C29H50N4O7S. The zero-order valence-electron chi connectivity index (χ0n) is 25.8. The molecule has 0 aliphatic carbocycles. The van der Waals surface area contributed by atoms with Crippen LogP contribution in [-0.4, -0.2) is 119 Å². The lowest BCUT2D eigenvalue weighted by atomic mass is 10.0. The number of anilines is 1. The van der Waals surface area contributed by atoms with E-state index in [2.05, 4.69) is 4.72 Å². The van der Waals surface area contributed by atoms with Gasteiger partial charge in [0.2, 0.25) is 15.9 Å². The number of aliphatic hydroxyl groups is 1. The number of nitrogens with one attached hydrogen (secondary N) is 1. The van der Waals surface area contributed by atoms with Crippen molar-refractivity contribution in [3.63, 3.8) is 0 Å². The number of benzene rings is 1. The molecule has 1 aliphatic rings. The molecule has 2 rings (SSSR count). The van der Waals surface area contributed by atoms with Crippen molar-refractivity contribution >= 4 is 27.5 Å². The van der Waals surface area contributed by atoms with Crippen LogP contribution in [0.4, 0.5) is 5.69 Å². The molecule has 11 nitrogen and oxygen atoms in total. The molecule has 0 saturated carbocycles. The second kappa shape index (κ2) is 16.3. The molecule has 12 heteroatoms. The molecule has 0 radical (unpaired) electrons. The summed E-state index contributed by atoms with van der Waals surface area (Å²) in [6.45, 7) is 7.39. The molecule has 0 spiro atoms. The molecule has 0 bridgehead atoms. The van der Waals surface area contributed by atoms with Gasteiger partial charge in [-0.15, -0.1) is 0 Å². The zero-order chi connectivity index (χ0) is 30.7. The van der Waals surface area contributed by atoms with Crippen LogP contribution in [0.3, 0.4) is 0 Å². The highest BCUT2D eigenvalue weighted by molar-refractivity contribution is 7.92. The van der Waals surface area contributed by atoms with Crippen LogP contribution < -0.4 is 9.46 Å². The van der Waals surface area contributed by atoms with Gasteiger partial charge in [-0.1, -0.05) is 6.92 Å². The second-order valence-electron chi connectivity index (χ2n) is 11.6. The van der Waals surface area contributed by atoms with E-state index in [1.807, 2.05) is 32.8 Å². The van der Waals surface area contributed by atoms with Crippen LogP contribution in [0, 0.1) is 5.92 Å². The fraction of sp³-hybridized carbons (Fsp3) is 0.724. The van der Waals surface area contributed by atoms with Gasteiger partial charge in [0, 0.05) is 44.8 Å². The van der Waals surface area contributed by atoms with Crippen molar-refractivity contribution in [2.45, 2.75) is 71.1 Å². The van der Waals surface area contributed by atoms with Crippen molar-refractivity contribution in [2.75, 3.05) is 65.0 Å². The quantitative estimate of drug-likeness (QED) is 0.421. The Balaban J connectivity index is 2.39. The van der Waals surface area contributed by atoms with E-state index in [0.29, 0.717) is 25.3 Å². The third-order valence-electron chi connectivity index (χ3n) is 7.23. The van der Waals surface area contributed by atoms with Crippen molar-refractivity contribution in [3.8, 4) is 5.75 Å². The fourth-order valence-electron chi connectivity index (χ4n) is 4.77. The molecule has 1 aliphatic heterocycles. The first-order valence-corrected chi connectivity index (χ1v) is 16.3. The minimum Gasteiger partial charge on any atom is -0.490 e. The van der Waals surface area contributed by atoms with E-state index in [1.165, 1.54) is 6.07 Å². The highest BCUT2D eigenvalue weighted by Crippen LogP contribution is 2.28. The van der Waals surface area contributed by atoms with Gasteiger partial charge in [0.05, 0.1) is 36.7 Å². The summed E-state index contributed by atoms with van der Waals surface area (Å²) in [7, 11) is 2.17. The number of carbonyl (C=O) groups is 2. The standard InChI is InChI=1S/C29H50N4O7S/c1-21-18-33(22(2)20-34)29(36)25-17-24(30-41(7,37)38)13-14-26(25)40-23(3)11-8-9-16-39-27(21)19-32(6)28(35)12-10-15-31(4)5/h13-14,17,21-23,27,30,34H,8-12,15-16,18-20H2,1-7H3/t21-,22+,23-,27+/m1/s1. The van der Waals surface area contributed by atoms with Gasteiger partial charge < -0.3 is 29.3 Å². The first kappa shape index (κ1) is 34.8. The molecule has 0 fully saturated rings. The summed E-state index contributed by atoms with van der Waals surface area (Å²) in [6.07, 6.45) is 4.15. The summed E-state index contributed by atoms with van der Waals surface area (Å²) in [5, 5.41) is 10.1. The average molecular weight is 599 g/mol. The molecular weight excluding hydrogens is 548 g/mol. The zero-order valence-corrected chi connectivity index (χ0v) is 26.6. The number of ether oxygens (including phenoxy) is 2. The van der Waals surface area contributed by atoms with Crippen molar-refractivity contribution < 1.29 is 32.6 Å². The molecule has 234 valence electrons. The lowest BCUT2D eigenvalue weighted by Crippen LogP contribution is -2.48. The van der Waals surface area contributed by atoms with Crippen LogP contribution in [0.15, 0.2) is 18.2 Å². The van der Waals surface area contributed by atoms with Gasteiger partial charge in [-0.25, -0.2) is 8.42 Å². The Morgan fingerprint density at radius 3 is 2.56 bits per heavy atom. The Kier molecular flexibility index (Phi) is 13.8. The maximum absolute atomic E-state index is 14.0. The number of rotatable bonds is 10. The Morgan fingerprint density at radius 1 is 1.22 bits per heavy atom. The Labute approximate surface area is 246 Å². The molecule has 2 N–H and O–H groups in total. The summed E-state index contributed by atoms with van der Waals surface area (Å²) in [5.74, 6) is -0.156. The Bertz CT molecular complexity index is 1100. The van der Waals surface area contributed by atoms with Gasteiger partial charge in [-0.3, -0.25) is 14.3 Å². The minimum absolute atomic E-state index is 0.0459. The molecule has 1 aromatic carbocycles. The number of aliphatic hydroxyl groups excluding tert-OH is 1. The van der Waals surface area contributed by atoms with Gasteiger partial charge >= 0.3 is 0 Å². The molecule has 0 unspecified atom stereocenters. The Hall–Kier alpha value is -2.41. The lowest BCUT2D eigenvalue weighted by Gasteiger charge is -2.36. The molecule has 0 aromatic heterocycles. The third kappa shape index (κ3) is 11.8.